The number of hydrogen-bond acceptors (Lipinski definition) is 6. The molecule has 6 rings (SSSR count). The zero-order valence-corrected chi connectivity index (χ0v) is 32.0. The molecule has 0 aliphatic heterocycles. The van der Waals surface area contributed by atoms with Gasteiger partial charge in [0.15, 0.2) is 5.78 Å². The summed E-state index contributed by atoms with van der Waals surface area (Å²) in [6.45, 7) is 12.2. The number of rotatable bonds is 13. The average Bonchev–Trinajstić information content (AvgIpc) is 3.62. The van der Waals surface area contributed by atoms with E-state index in [0.717, 1.165) is 50.1 Å². The van der Waals surface area contributed by atoms with Crippen molar-refractivity contribution in [1.29, 1.82) is 0 Å². The van der Waals surface area contributed by atoms with E-state index in [1.54, 1.807) is 7.05 Å². The van der Waals surface area contributed by atoms with Gasteiger partial charge in [0.1, 0.15) is 12.2 Å². The number of aromatic nitrogens is 2. The molecule has 8 heteroatoms. The second-order valence-electron chi connectivity index (χ2n) is 15.7. The predicted octanol–water partition coefficient (Wildman–Crippen LogP) is 9.15. The van der Waals surface area contributed by atoms with Crippen molar-refractivity contribution < 1.29 is 23.9 Å². The van der Waals surface area contributed by atoms with Crippen molar-refractivity contribution in [1.82, 2.24) is 14.5 Å². The Bertz CT molecular complexity index is 2060. The van der Waals surface area contributed by atoms with Crippen LogP contribution in [0.5, 0.6) is 0 Å². The Hall–Kier alpha value is -5.24. The minimum atomic E-state index is -0.890. The summed E-state index contributed by atoms with van der Waals surface area (Å²) in [7, 11) is 1.63. The number of Topliss-reactive ketones (excluding diaryl/α,β-unsaturated/α-hetero) is 1. The van der Waals surface area contributed by atoms with Crippen LogP contribution in [0.4, 0.5) is 4.79 Å². The van der Waals surface area contributed by atoms with Crippen molar-refractivity contribution in [3.05, 3.63) is 125 Å². The van der Waals surface area contributed by atoms with E-state index in [9.17, 15) is 14.4 Å². The Morgan fingerprint density at radius 2 is 1.51 bits per heavy atom. The van der Waals surface area contributed by atoms with Gasteiger partial charge in [-0.15, -0.1) is 0 Å². The van der Waals surface area contributed by atoms with Crippen LogP contribution in [0.1, 0.15) is 81.5 Å². The number of fused-ring (bicyclic) bond motifs is 4. The molecule has 53 heavy (non-hydrogen) atoms. The van der Waals surface area contributed by atoms with Crippen LogP contribution in [0.25, 0.3) is 22.0 Å². The number of ketones is 1. The van der Waals surface area contributed by atoms with E-state index >= 15 is 0 Å². The van der Waals surface area contributed by atoms with E-state index in [2.05, 4.69) is 41.1 Å². The lowest BCUT2D eigenvalue weighted by atomic mass is 9.88. The number of likely N-dealkylation sites (N-methyl/N-ethyl adjacent to an activating group) is 1. The quantitative estimate of drug-likeness (QED) is 0.113. The summed E-state index contributed by atoms with van der Waals surface area (Å²) in [4.78, 5) is 48.2. The Kier molecular flexibility index (Phi) is 11.2. The highest BCUT2D eigenvalue weighted by molar-refractivity contribution is 5.92. The van der Waals surface area contributed by atoms with Gasteiger partial charge >= 0.3 is 12.1 Å². The lowest BCUT2D eigenvalue weighted by molar-refractivity contribution is -0.162. The largest absolute Gasteiger partial charge is 0.460 e. The van der Waals surface area contributed by atoms with Crippen LogP contribution < -0.4 is 0 Å². The maximum atomic E-state index is 14.5. The summed E-state index contributed by atoms with van der Waals surface area (Å²) in [6, 6.07) is 29.6. The number of carbonyl (C=O) groups excluding carboxylic acids is 3. The number of para-hydroxylation sites is 1. The molecule has 1 amide bonds. The summed E-state index contributed by atoms with van der Waals surface area (Å²) in [6.07, 6.45) is 2.16. The van der Waals surface area contributed by atoms with E-state index in [1.807, 2.05) is 102 Å². The van der Waals surface area contributed by atoms with Gasteiger partial charge in [-0.1, -0.05) is 86.6 Å². The summed E-state index contributed by atoms with van der Waals surface area (Å²) in [5.41, 5.74) is 7.60. The fourth-order valence-corrected chi connectivity index (χ4v) is 7.57. The molecular weight excluding hydrogens is 663 g/mol. The minimum Gasteiger partial charge on any atom is -0.460 e. The molecule has 1 aliphatic carbocycles. The molecule has 0 N–H and O–H groups in total. The molecule has 1 aliphatic rings. The molecule has 8 nitrogen and oxygen atoms in total. The van der Waals surface area contributed by atoms with Crippen LogP contribution in [-0.2, 0) is 32.0 Å². The Morgan fingerprint density at radius 1 is 0.868 bits per heavy atom. The van der Waals surface area contributed by atoms with Crippen molar-refractivity contribution in [2.24, 2.45) is 11.8 Å². The van der Waals surface area contributed by atoms with E-state index in [0.29, 0.717) is 13.0 Å². The Balaban J connectivity index is 1.30. The third-order valence-electron chi connectivity index (χ3n) is 9.97. The summed E-state index contributed by atoms with van der Waals surface area (Å²) < 4.78 is 14.0. The van der Waals surface area contributed by atoms with Gasteiger partial charge in [0, 0.05) is 48.6 Å². The fourth-order valence-electron chi connectivity index (χ4n) is 7.57. The van der Waals surface area contributed by atoms with E-state index in [1.165, 1.54) is 4.90 Å². The van der Waals surface area contributed by atoms with Gasteiger partial charge in [-0.3, -0.25) is 14.6 Å². The molecule has 0 bridgehead atoms. The molecule has 0 spiro atoms. The maximum absolute atomic E-state index is 14.5. The molecule has 0 unspecified atom stereocenters. The normalized spacial score (nSPS) is 13.7. The number of ether oxygens (including phenoxy) is 2. The van der Waals surface area contributed by atoms with Crippen LogP contribution in [-0.4, -0.2) is 57.6 Å². The highest BCUT2D eigenvalue weighted by Crippen LogP contribution is 2.44. The predicted molar refractivity (Wildman–Crippen MR) is 209 cm³/mol. The number of nitrogens with zero attached hydrogens (tertiary/aromatic N) is 3. The average molecular weight is 714 g/mol. The van der Waals surface area contributed by atoms with E-state index < -0.39 is 29.6 Å². The molecule has 276 valence electrons. The topological polar surface area (TPSA) is 90.7 Å². The zero-order valence-electron chi connectivity index (χ0n) is 32.0. The van der Waals surface area contributed by atoms with Gasteiger partial charge in [-0.05, 0) is 86.1 Å². The second-order valence-corrected chi connectivity index (χ2v) is 15.7. The molecule has 3 aromatic carbocycles. The van der Waals surface area contributed by atoms with Crippen molar-refractivity contribution in [2.45, 2.75) is 84.9 Å². The second kappa shape index (κ2) is 15.8. The highest BCUT2D eigenvalue weighted by atomic mass is 16.6. The summed E-state index contributed by atoms with van der Waals surface area (Å²) in [5, 5.41) is 0.991. The molecule has 2 atom stereocenters. The third kappa shape index (κ3) is 8.70. The highest BCUT2D eigenvalue weighted by Gasteiger charge is 2.36. The molecular formula is C45H51N3O5. The van der Waals surface area contributed by atoms with Gasteiger partial charge < -0.3 is 18.9 Å². The minimum absolute atomic E-state index is 0.0510. The SMILES string of the molecule is Cc1cccc(Cn2cc(C[C@@H](C(=O)C[C@@H](CC(C)C)C(=O)OC(C)(C)C)N(C)C(=O)OCC3c4ccccc4-c4ccccc43)c3ccccc32)n1. The standard InChI is InChI=1S/C45H51N3O5/c1-29(2)23-31(43(50)53-45(4,5)6)25-42(49)41(24-32-26-48(40-22-13-12-17-34(32)40)27-33-16-14-15-30(3)46-33)47(7)44(51)52-28-39-37-20-10-8-18-35(37)36-19-9-11-21-38(36)39/h8-22,26,29,31,39,41H,23-25,27-28H2,1-7H3/t31-,41+/m1/s1. The summed E-state index contributed by atoms with van der Waals surface area (Å²) in [5.74, 6) is -1.22. The first kappa shape index (κ1) is 37.5. The monoisotopic (exact) mass is 713 g/mol. The van der Waals surface area contributed by atoms with Crippen LogP contribution in [0.15, 0.2) is 97.2 Å². The number of amides is 1. The van der Waals surface area contributed by atoms with Crippen molar-refractivity contribution >= 4 is 28.7 Å². The van der Waals surface area contributed by atoms with Crippen molar-refractivity contribution in [3.8, 4) is 11.1 Å². The van der Waals surface area contributed by atoms with Gasteiger partial charge in [0.05, 0.1) is 24.2 Å². The van der Waals surface area contributed by atoms with Gasteiger partial charge in [-0.25, -0.2) is 4.79 Å². The van der Waals surface area contributed by atoms with Crippen molar-refractivity contribution in [2.75, 3.05) is 13.7 Å². The molecule has 0 radical (unpaired) electrons. The first-order chi connectivity index (χ1) is 25.3. The number of carbonyl (C=O) groups is 3. The molecule has 2 aromatic heterocycles. The lowest BCUT2D eigenvalue weighted by Crippen LogP contribution is -2.45. The van der Waals surface area contributed by atoms with Crippen molar-refractivity contribution in [3.63, 3.8) is 0 Å². The smallest absolute Gasteiger partial charge is 0.410 e. The number of benzene rings is 3. The van der Waals surface area contributed by atoms with Crippen LogP contribution in [0, 0.1) is 18.8 Å². The third-order valence-corrected chi connectivity index (χ3v) is 9.97. The summed E-state index contributed by atoms with van der Waals surface area (Å²) >= 11 is 0. The molecule has 0 fully saturated rings. The van der Waals surface area contributed by atoms with E-state index in [-0.39, 0.29) is 37.1 Å². The zero-order chi connectivity index (χ0) is 37.9. The molecule has 0 saturated carbocycles. The van der Waals surface area contributed by atoms with Crippen LogP contribution in [0.3, 0.4) is 0 Å². The van der Waals surface area contributed by atoms with Gasteiger partial charge in [0.25, 0.3) is 0 Å². The lowest BCUT2D eigenvalue weighted by Gasteiger charge is -2.29. The molecule has 2 heterocycles. The number of aryl methyl sites for hydroxylation is 1. The fraction of sp³-hybridized carbons (Fsp3) is 0.378. The van der Waals surface area contributed by atoms with Gasteiger partial charge in [-0.2, -0.15) is 0 Å². The molecule has 0 saturated heterocycles. The van der Waals surface area contributed by atoms with E-state index in [4.69, 9.17) is 14.5 Å². The first-order valence-electron chi connectivity index (χ1n) is 18.6. The van der Waals surface area contributed by atoms with Crippen LogP contribution >= 0.6 is 0 Å². The first-order valence-corrected chi connectivity index (χ1v) is 18.6. The maximum Gasteiger partial charge on any atom is 0.410 e. The van der Waals surface area contributed by atoms with Gasteiger partial charge in [0.2, 0.25) is 0 Å². The number of pyridine rings is 1. The van der Waals surface area contributed by atoms with Crippen LogP contribution in [0.2, 0.25) is 0 Å². The number of hydrogen-bond donors (Lipinski definition) is 0. The Labute approximate surface area is 313 Å². The Morgan fingerprint density at radius 3 is 2.15 bits per heavy atom. The number of esters is 1. The molecule has 5 aromatic rings.